The maximum atomic E-state index is 11.6. The smallest absolute Gasteiger partial charge is 0.409 e. The average Bonchev–Trinajstić information content (AvgIpc) is 2.37. The van der Waals surface area contributed by atoms with Crippen molar-refractivity contribution in [2.24, 2.45) is 0 Å². The predicted octanol–water partition coefficient (Wildman–Crippen LogP) is 3.22. The molecule has 0 N–H and O–H groups in total. The van der Waals surface area contributed by atoms with Gasteiger partial charge >= 0.3 is 6.09 Å². The Kier molecular flexibility index (Phi) is 5.86. The summed E-state index contributed by atoms with van der Waals surface area (Å²) in [5, 5.41) is 0. The maximum Gasteiger partial charge on any atom is 0.409 e. The lowest BCUT2D eigenvalue weighted by Crippen LogP contribution is -2.28. The van der Waals surface area contributed by atoms with Crippen LogP contribution in [0.2, 0.25) is 0 Å². The minimum Gasteiger partial charge on any atom is -0.445 e. The molecule has 3 heteroatoms. The summed E-state index contributed by atoms with van der Waals surface area (Å²) in [7, 11) is 1.75. The summed E-state index contributed by atoms with van der Waals surface area (Å²) >= 11 is 0. The summed E-state index contributed by atoms with van der Waals surface area (Å²) in [6.07, 6.45) is 3.40. The van der Waals surface area contributed by atoms with Crippen molar-refractivity contribution in [2.75, 3.05) is 13.6 Å². The lowest BCUT2D eigenvalue weighted by molar-refractivity contribution is 0.104. The van der Waals surface area contributed by atoms with E-state index in [1.54, 1.807) is 11.9 Å². The first-order valence-electron chi connectivity index (χ1n) is 5.76. The number of allylic oxidation sites excluding steroid dienone is 1. The first-order chi connectivity index (χ1) is 8.24. The van der Waals surface area contributed by atoms with E-state index in [0.717, 1.165) is 18.4 Å². The molecular formula is C14H19NO2. The molecule has 0 aliphatic carbocycles. The van der Waals surface area contributed by atoms with Crippen molar-refractivity contribution in [1.29, 1.82) is 0 Å². The van der Waals surface area contributed by atoms with Crippen molar-refractivity contribution in [3.8, 4) is 0 Å². The SMILES string of the molecule is C=CCCCN(C)C(=O)OCc1ccccc1. The highest BCUT2D eigenvalue weighted by Crippen LogP contribution is 2.03. The lowest BCUT2D eigenvalue weighted by Gasteiger charge is -2.16. The average molecular weight is 233 g/mol. The zero-order valence-corrected chi connectivity index (χ0v) is 10.3. The summed E-state index contributed by atoms with van der Waals surface area (Å²) in [4.78, 5) is 13.2. The number of hydrogen-bond acceptors (Lipinski definition) is 2. The van der Waals surface area contributed by atoms with Crippen LogP contribution in [0.4, 0.5) is 4.79 Å². The van der Waals surface area contributed by atoms with Crippen LogP contribution < -0.4 is 0 Å². The molecule has 0 bridgehead atoms. The number of hydrogen-bond donors (Lipinski definition) is 0. The molecule has 0 heterocycles. The Balaban J connectivity index is 2.26. The van der Waals surface area contributed by atoms with Gasteiger partial charge in [0.25, 0.3) is 0 Å². The van der Waals surface area contributed by atoms with Crippen molar-refractivity contribution in [3.63, 3.8) is 0 Å². The third-order valence-electron chi connectivity index (χ3n) is 2.42. The highest BCUT2D eigenvalue weighted by molar-refractivity contribution is 5.67. The van der Waals surface area contributed by atoms with Crippen LogP contribution in [0.3, 0.4) is 0 Å². The largest absolute Gasteiger partial charge is 0.445 e. The molecular weight excluding hydrogens is 214 g/mol. The molecule has 1 rings (SSSR count). The van der Waals surface area contributed by atoms with Gasteiger partial charge in [0.15, 0.2) is 0 Å². The first-order valence-corrected chi connectivity index (χ1v) is 5.76. The Labute approximate surface area is 103 Å². The van der Waals surface area contributed by atoms with Crippen LogP contribution >= 0.6 is 0 Å². The summed E-state index contributed by atoms with van der Waals surface area (Å²) in [6, 6.07) is 9.66. The van der Waals surface area contributed by atoms with E-state index in [9.17, 15) is 4.79 Å². The topological polar surface area (TPSA) is 29.5 Å². The number of benzene rings is 1. The van der Waals surface area contributed by atoms with Crippen molar-refractivity contribution in [1.82, 2.24) is 4.90 Å². The highest BCUT2D eigenvalue weighted by Gasteiger charge is 2.08. The fraction of sp³-hybridized carbons (Fsp3) is 0.357. The Morgan fingerprint density at radius 1 is 1.41 bits per heavy atom. The fourth-order valence-electron chi connectivity index (χ4n) is 1.39. The quantitative estimate of drug-likeness (QED) is 0.557. The second-order valence-corrected chi connectivity index (χ2v) is 3.89. The number of nitrogens with zero attached hydrogens (tertiary/aromatic N) is 1. The van der Waals surface area contributed by atoms with Gasteiger partial charge in [-0.3, -0.25) is 0 Å². The molecule has 17 heavy (non-hydrogen) atoms. The molecule has 1 aromatic carbocycles. The predicted molar refractivity (Wildman–Crippen MR) is 68.7 cm³/mol. The molecule has 1 amide bonds. The van der Waals surface area contributed by atoms with Crippen LogP contribution in [0.1, 0.15) is 18.4 Å². The van der Waals surface area contributed by atoms with Gasteiger partial charge in [-0.1, -0.05) is 36.4 Å². The zero-order valence-electron chi connectivity index (χ0n) is 10.3. The molecule has 0 aliphatic rings. The zero-order chi connectivity index (χ0) is 12.5. The Morgan fingerprint density at radius 2 is 2.12 bits per heavy atom. The van der Waals surface area contributed by atoms with Crippen molar-refractivity contribution >= 4 is 6.09 Å². The number of rotatable bonds is 6. The van der Waals surface area contributed by atoms with E-state index < -0.39 is 0 Å². The molecule has 0 saturated heterocycles. The van der Waals surface area contributed by atoms with Crippen molar-refractivity contribution < 1.29 is 9.53 Å². The molecule has 1 aromatic rings. The molecule has 0 radical (unpaired) electrons. The fourth-order valence-corrected chi connectivity index (χ4v) is 1.39. The van der Waals surface area contributed by atoms with Crippen LogP contribution in [-0.4, -0.2) is 24.6 Å². The Bertz CT molecular complexity index is 348. The number of amides is 1. The van der Waals surface area contributed by atoms with Crippen LogP contribution in [0, 0.1) is 0 Å². The monoisotopic (exact) mass is 233 g/mol. The molecule has 0 saturated carbocycles. The van der Waals surface area contributed by atoms with Gasteiger partial charge in [0.2, 0.25) is 0 Å². The molecule has 0 aliphatic heterocycles. The van der Waals surface area contributed by atoms with E-state index >= 15 is 0 Å². The number of ether oxygens (including phenoxy) is 1. The van der Waals surface area contributed by atoms with E-state index in [2.05, 4.69) is 6.58 Å². The molecule has 0 fully saturated rings. The Hall–Kier alpha value is -1.77. The lowest BCUT2D eigenvalue weighted by atomic mass is 10.2. The van der Waals surface area contributed by atoms with Crippen LogP contribution in [0.25, 0.3) is 0 Å². The van der Waals surface area contributed by atoms with E-state index in [1.165, 1.54) is 0 Å². The molecule has 0 atom stereocenters. The maximum absolute atomic E-state index is 11.6. The standard InChI is InChI=1S/C14H19NO2/c1-3-4-8-11-15(2)14(16)17-12-13-9-6-5-7-10-13/h3,5-7,9-10H,1,4,8,11-12H2,2H3. The van der Waals surface area contributed by atoms with E-state index in [-0.39, 0.29) is 6.09 Å². The summed E-state index contributed by atoms with van der Waals surface area (Å²) in [6.45, 7) is 4.66. The summed E-state index contributed by atoms with van der Waals surface area (Å²) in [5.74, 6) is 0. The second-order valence-electron chi connectivity index (χ2n) is 3.89. The van der Waals surface area contributed by atoms with Gasteiger partial charge < -0.3 is 9.64 Å². The summed E-state index contributed by atoms with van der Waals surface area (Å²) < 4.78 is 5.18. The van der Waals surface area contributed by atoms with Crippen molar-refractivity contribution in [3.05, 3.63) is 48.6 Å². The van der Waals surface area contributed by atoms with Gasteiger partial charge in [-0.2, -0.15) is 0 Å². The van der Waals surface area contributed by atoms with E-state index in [1.807, 2.05) is 36.4 Å². The van der Waals surface area contributed by atoms with Crippen LogP contribution in [0.5, 0.6) is 0 Å². The third kappa shape index (κ3) is 5.20. The second kappa shape index (κ2) is 7.49. The van der Waals surface area contributed by atoms with Crippen molar-refractivity contribution in [2.45, 2.75) is 19.4 Å². The van der Waals surface area contributed by atoms with Gasteiger partial charge in [-0.05, 0) is 18.4 Å². The molecule has 0 unspecified atom stereocenters. The number of unbranched alkanes of at least 4 members (excludes halogenated alkanes) is 1. The Morgan fingerprint density at radius 3 is 2.76 bits per heavy atom. The first kappa shape index (κ1) is 13.3. The van der Waals surface area contributed by atoms with Crippen LogP contribution in [-0.2, 0) is 11.3 Å². The third-order valence-corrected chi connectivity index (χ3v) is 2.42. The minimum atomic E-state index is -0.280. The van der Waals surface area contributed by atoms with Gasteiger partial charge in [-0.25, -0.2) is 4.79 Å². The normalized spacial score (nSPS) is 9.71. The van der Waals surface area contributed by atoms with E-state index in [4.69, 9.17) is 4.74 Å². The van der Waals surface area contributed by atoms with Crippen LogP contribution in [0.15, 0.2) is 43.0 Å². The minimum absolute atomic E-state index is 0.280. The highest BCUT2D eigenvalue weighted by atomic mass is 16.6. The number of carbonyl (C=O) groups excluding carboxylic acids is 1. The molecule has 92 valence electrons. The van der Waals surface area contributed by atoms with Gasteiger partial charge in [0, 0.05) is 13.6 Å². The van der Waals surface area contributed by atoms with Gasteiger partial charge in [0.05, 0.1) is 0 Å². The molecule has 0 aromatic heterocycles. The van der Waals surface area contributed by atoms with Gasteiger partial charge in [-0.15, -0.1) is 6.58 Å². The number of carbonyl (C=O) groups is 1. The molecule has 0 spiro atoms. The summed E-state index contributed by atoms with van der Waals surface area (Å²) in [5.41, 5.74) is 1.00. The van der Waals surface area contributed by atoms with E-state index in [0.29, 0.717) is 13.2 Å². The molecule has 3 nitrogen and oxygen atoms in total. The van der Waals surface area contributed by atoms with Gasteiger partial charge in [0.1, 0.15) is 6.61 Å².